The molecule has 3 aromatic heterocycles. The predicted molar refractivity (Wildman–Crippen MR) is 110 cm³/mol. The van der Waals surface area contributed by atoms with Gasteiger partial charge in [0.05, 0.1) is 36.7 Å². The molecule has 2 saturated heterocycles. The van der Waals surface area contributed by atoms with Crippen LogP contribution < -0.4 is 10.2 Å². The number of nitrogens with one attached hydrogen (secondary N) is 1. The molecule has 0 spiro atoms. The number of nitrogens with zero attached hydrogens (tertiary/aromatic N) is 6. The van der Waals surface area contributed by atoms with Crippen LogP contribution in [0.2, 0.25) is 0 Å². The highest BCUT2D eigenvalue weighted by molar-refractivity contribution is 5.77. The molecule has 5 heterocycles. The van der Waals surface area contributed by atoms with Gasteiger partial charge in [0.15, 0.2) is 11.9 Å². The summed E-state index contributed by atoms with van der Waals surface area (Å²) in [4.78, 5) is 7.30. The van der Waals surface area contributed by atoms with Crippen molar-refractivity contribution >= 4 is 17.3 Å². The molecule has 0 amide bonds. The highest BCUT2D eigenvalue weighted by Crippen LogP contribution is 2.32. The van der Waals surface area contributed by atoms with Gasteiger partial charge in [-0.1, -0.05) is 0 Å². The van der Waals surface area contributed by atoms with E-state index in [0.29, 0.717) is 13.2 Å². The zero-order valence-corrected chi connectivity index (χ0v) is 16.9. The van der Waals surface area contributed by atoms with Crippen LogP contribution >= 0.6 is 0 Å². The maximum absolute atomic E-state index is 5.97. The molecule has 1 N–H and O–H groups in total. The summed E-state index contributed by atoms with van der Waals surface area (Å²) in [5.74, 6) is 1.83. The van der Waals surface area contributed by atoms with Crippen molar-refractivity contribution in [3.05, 3.63) is 24.5 Å². The van der Waals surface area contributed by atoms with Crippen molar-refractivity contribution in [1.29, 1.82) is 0 Å². The molecule has 0 aliphatic carbocycles. The first-order valence-corrected chi connectivity index (χ1v) is 10.3. The molecule has 5 rings (SSSR count). The molecule has 29 heavy (non-hydrogen) atoms. The summed E-state index contributed by atoms with van der Waals surface area (Å²) < 4.78 is 15.4. The lowest BCUT2D eigenvalue weighted by atomic mass is 10.1. The van der Waals surface area contributed by atoms with Gasteiger partial charge in [-0.15, -0.1) is 0 Å². The molecule has 2 fully saturated rings. The van der Waals surface area contributed by atoms with Crippen LogP contribution in [0.5, 0.6) is 0 Å². The summed E-state index contributed by atoms with van der Waals surface area (Å²) in [6, 6.07) is 4.34. The molecule has 0 radical (unpaired) electrons. The molecule has 9 heteroatoms. The van der Waals surface area contributed by atoms with Crippen molar-refractivity contribution in [1.82, 2.24) is 24.4 Å². The minimum Gasteiger partial charge on any atom is -0.377 e. The molecular formula is C20H27N7O2. The summed E-state index contributed by atoms with van der Waals surface area (Å²) in [6.45, 7) is 5.19. The van der Waals surface area contributed by atoms with Crippen LogP contribution in [0.4, 0.5) is 11.6 Å². The van der Waals surface area contributed by atoms with Crippen molar-refractivity contribution in [3.8, 4) is 11.3 Å². The van der Waals surface area contributed by atoms with E-state index in [1.165, 1.54) is 0 Å². The van der Waals surface area contributed by atoms with E-state index in [-0.39, 0.29) is 12.3 Å². The maximum Gasteiger partial charge on any atom is 0.169 e. The third-order valence-electron chi connectivity index (χ3n) is 5.75. The fourth-order valence-corrected chi connectivity index (χ4v) is 4.20. The van der Waals surface area contributed by atoms with Gasteiger partial charge in [0, 0.05) is 32.5 Å². The molecule has 1 unspecified atom stereocenters. The summed E-state index contributed by atoms with van der Waals surface area (Å²) in [6.07, 6.45) is 6.89. The van der Waals surface area contributed by atoms with Gasteiger partial charge >= 0.3 is 0 Å². The minimum atomic E-state index is -0.0325. The van der Waals surface area contributed by atoms with E-state index in [1.54, 1.807) is 0 Å². The Kier molecular flexibility index (Phi) is 4.84. The number of aromatic nitrogens is 5. The van der Waals surface area contributed by atoms with Gasteiger partial charge in [0.1, 0.15) is 11.6 Å². The number of ether oxygens (including phenoxy) is 2. The lowest BCUT2D eigenvalue weighted by Crippen LogP contribution is -2.44. The number of hydrogen-bond acceptors (Lipinski definition) is 7. The first kappa shape index (κ1) is 18.4. The first-order chi connectivity index (χ1) is 14.3. The second-order valence-corrected chi connectivity index (χ2v) is 7.64. The maximum atomic E-state index is 5.97. The molecule has 3 aromatic rings. The number of hydrogen-bond donors (Lipinski definition) is 1. The van der Waals surface area contributed by atoms with Gasteiger partial charge in [-0.05, 0) is 32.3 Å². The molecule has 0 aromatic carbocycles. The summed E-state index contributed by atoms with van der Waals surface area (Å²) in [5, 5.41) is 12.4. The van der Waals surface area contributed by atoms with Gasteiger partial charge in [-0.25, -0.2) is 9.67 Å². The molecule has 9 nitrogen and oxygen atoms in total. The zero-order chi connectivity index (χ0) is 19.8. The van der Waals surface area contributed by atoms with Crippen LogP contribution in [-0.2, 0) is 9.47 Å². The van der Waals surface area contributed by atoms with E-state index in [9.17, 15) is 0 Å². The van der Waals surface area contributed by atoms with E-state index in [0.717, 1.165) is 61.0 Å². The Bertz CT molecular complexity index is 992. The van der Waals surface area contributed by atoms with Crippen LogP contribution in [0.25, 0.3) is 16.9 Å². The number of rotatable bonds is 4. The lowest BCUT2D eigenvalue weighted by Gasteiger charge is -2.34. The van der Waals surface area contributed by atoms with E-state index >= 15 is 0 Å². The molecule has 2 aliphatic rings. The average molecular weight is 397 g/mol. The molecule has 0 saturated carbocycles. The lowest BCUT2D eigenvalue weighted by molar-refractivity contribution is -0.0383. The largest absolute Gasteiger partial charge is 0.377 e. The normalized spacial score (nSPS) is 22.9. The fraction of sp³-hybridized carbons (Fsp3) is 0.550. The number of morpholine rings is 1. The predicted octanol–water partition coefficient (Wildman–Crippen LogP) is 2.56. The summed E-state index contributed by atoms with van der Waals surface area (Å²) >= 11 is 0. The Morgan fingerprint density at radius 2 is 2.14 bits per heavy atom. The molecule has 154 valence electrons. The SMILES string of the molecule is CNc1cc(N2CCOC[C@H]2C)nc2c(-c3ccnn3C3CCCCO3)cnn12. The van der Waals surface area contributed by atoms with Crippen LogP contribution in [0, 0.1) is 0 Å². The second-order valence-electron chi connectivity index (χ2n) is 7.64. The molecular weight excluding hydrogens is 370 g/mol. The summed E-state index contributed by atoms with van der Waals surface area (Å²) in [7, 11) is 1.91. The molecule has 0 bridgehead atoms. The van der Waals surface area contributed by atoms with E-state index < -0.39 is 0 Å². The van der Waals surface area contributed by atoms with E-state index in [1.807, 2.05) is 40.8 Å². The van der Waals surface area contributed by atoms with Crippen LogP contribution in [0.3, 0.4) is 0 Å². The monoisotopic (exact) mass is 397 g/mol. The number of fused-ring (bicyclic) bond motifs is 1. The third-order valence-corrected chi connectivity index (χ3v) is 5.75. The van der Waals surface area contributed by atoms with Crippen molar-refractivity contribution < 1.29 is 9.47 Å². The smallest absolute Gasteiger partial charge is 0.169 e. The van der Waals surface area contributed by atoms with Crippen molar-refractivity contribution in [3.63, 3.8) is 0 Å². The second kappa shape index (κ2) is 7.64. The topological polar surface area (TPSA) is 81.7 Å². The Morgan fingerprint density at radius 1 is 1.21 bits per heavy atom. The number of anilines is 2. The third kappa shape index (κ3) is 3.24. The van der Waals surface area contributed by atoms with Gasteiger partial charge in [-0.2, -0.15) is 14.7 Å². The van der Waals surface area contributed by atoms with Crippen LogP contribution in [-0.4, -0.2) is 63.8 Å². The Labute approximate surface area is 169 Å². The van der Waals surface area contributed by atoms with Gasteiger partial charge in [0.25, 0.3) is 0 Å². The standard InChI is InChI=1S/C20H27N7O2/c1-14-13-28-10-8-25(14)18-11-17(21-2)27-20(24-18)15(12-23-27)16-6-7-22-26(16)19-5-3-4-9-29-19/h6-7,11-12,14,19,21H,3-5,8-10,13H2,1-2H3/t14-,19?/m1/s1. The summed E-state index contributed by atoms with van der Waals surface area (Å²) in [5.41, 5.74) is 2.74. The Morgan fingerprint density at radius 3 is 2.93 bits per heavy atom. The zero-order valence-electron chi connectivity index (χ0n) is 16.9. The fourth-order valence-electron chi connectivity index (χ4n) is 4.20. The molecule has 2 aliphatic heterocycles. The van der Waals surface area contributed by atoms with Crippen LogP contribution in [0.15, 0.2) is 24.5 Å². The minimum absolute atomic E-state index is 0.0325. The van der Waals surface area contributed by atoms with E-state index in [2.05, 4.69) is 27.3 Å². The van der Waals surface area contributed by atoms with Crippen molar-refractivity contribution in [2.75, 3.05) is 43.6 Å². The van der Waals surface area contributed by atoms with E-state index in [4.69, 9.17) is 14.5 Å². The van der Waals surface area contributed by atoms with Crippen molar-refractivity contribution in [2.45, 2.75) is 38.5 Å². The van der Waals surface area contributed by atoms with Crippen molar-refractivity contribution in [2.24, 2.45) is 0 Å². The average Bonchev–Trinajstić information content (AvgIpc) is 3.40. The van der Waals surface area contributed by atoms with Gasteiger partial charge in [-0.3, -0.25) is 0 Å². The Hall–Kier alpha value is -2.65. The first-order valence-electron chi connectivity index (χ1n) is 10.3. The highest BCUT2D eigenvalue weighted by Gasteiger charge is 2.25. The molecule has 2 atom stereocenters. The van der Waals surface area contributed by atoms with Gasteiger partial charge < -0.3 is 19.7 Å². The highest BCUT2D eigenvalue weighted by atomic mass is 16.5. The van der Waals surface area contributed by atoms with Crippen LogP contribution in [0.1, 0.15) is 32.4 Å². The quantitative estimate of drug-likeness (QED) is 0.724. The Balaban J connectivity index is 1.61. The van der Waals surface area contributed by atoms with Gasteiger partial charge in [0.2, 0.25) is 0 Å².